The summed E-state index contributed by atoms with van der Waals surface area (Å²) >= 11 is 0. The topological polar surface area (TPSA) is 90.5 Å². The van der Waals surface area contributed by atoms with Gasteiger partial charge in [0.25, 0.3) is 0 Å². The third-order valence-electron chi connectivity index (χ3n) is 4.30. The van der Waals surface area contributed by atoms with Crippen LogP contribution in [0.2, 0.25) is 0 Å². The van der Waals surface area contributed by atoms with Gasteiger partial charge in [-0.3, -0.25) is 4.79 Å². The van der Waals surface area contributed by atoms with Crippen molar-refractivity contribution in [3.8, 4) is 5.69 Å². The van der Waals surface area contributed by atoms with E-state index in [0.29, 0.717) is 0 Å². The average molecular weight is 347 g/mol. The van der Waals surface area contributed by atoms with Gasteiger partial charge in [0.05, 0.1) is 23.1 Å². The average Bonchev–Trinajstić information content (AvgIpc) is 3.25. The van der Waals surface area contributed by atoms with E-state index in [1.54, 1.807) is 4.68 Å². The van der Waals surface area contributed by atoms with Gasteiger partial charge in [0, 0.05) is 12.7 Å². The number of hydrogen-bond donors (Lipinski definition) is 1. The third-order valence-corrected chi connectivity index (χ3v) is 4.30. The van der Waals surface area contributed by atoms with Crippen LogP contribution in [-0.4, -0.2) is 35.7 Å². The Morgan fingerprint density at radius 1 is 1.15 bits per heavy atom. The Balaban J connectivity index is 1.45. The highest BCUT2D eigenvalue weighted by Crippen LogP contribution is 2.19. The van der Waals surface area contributed by atoms with Crippen LogP contribution in [-0.2, 0) is 18.3 Å². The van der Waals surface area contributed by atoms with Crippen LogP contribution in [0.1, 0.15) is 11.4 Å². The van der Waals surface area contributed by atoms with Gasteiger partial charge < -0.3 is 9.88 Å². The Hall–Kier alpha value is -3.55. The molecule has 4 rings (SSSR count). The molecular weight excluding hydrogens is 330 g/mol. The highest BCUT2D eigenvalue weighted by Gasteiger charge is 2.08. The quantitative estimate of drug-likeness (QED) is 0.610. The van der Waals surface area contributed by atoms with Crippen LogP contribution >= 0.6 is 0 Å². The summed E-state index contributed by atoms with van der Waals surface area (Å²) in [5.74, 6) is 0.860. The fourth-order valence-corrected chi connectivity index (χ4v) is 2.83. The lowest BCUT2D eigenvalue weighted by Gasteiger charge is -2.06. The van der Waals surface area contributed by atoms with Crippen molar-refractivity contribution >= 4 is 22.6 Å². The number of anilines is 1. The minimum atomic E-state index is -0.0767. The number of imidazole rings is 1. The number of carbonyl (C=O) groups excluding carboxylic acids is 1. The van der Waals surface area contributed by atoms with Gasteiger partial charge in [-0.1, -0.05) is 12.1 Å². The van der Waals surface area contributed by atoms with Crippen molar-refractivity contribution in [1.82, 2.24) is 29.8 Å². The Labute approximate surface area is 149 Å². The molecule has 1 amide bonds. The van der Waals surface area contributed by atoms with Gasteiger partial charge in [0.1, 0.15) is 12.2 Å². The zero-order chi connectivity index (χ0) is 18.1. The summed E-state index contributed by atoms with van der Waals surface area (Å²) < 4.78 is 3.58. The molecule has 0 aliphatic rings. The van der Waals surface area contributed by atoms with Gasteiger partial charge in [-0.2, -0.15) is 0 Å². The van der Waals surface area contributed by atoms with E-state index < -0.39 is 0 Å². The van der Waals surface area contributed by atoms with Crippen molar-refractivity contribution in [3.63, 3.8) is 0 Å². The summed E-state index contributed by atoms with van der Waals surface area (Å²) in [6.45, 7) is 1.96. The minimum Gasteiger partial charge on any atom is -0.331 e. The second kappa shape index (κ2) is 6.40. The van der Waals surface area contributed by atoms with Crippen molar-refractivity contribution in [2.24, 2.45) is 7.05 Å². The Morgan fingerprint density at radius 3 is 2.69 bits per heavy atom. The largest absolute Gasteiger partial charge is 0.331 e. The molecular formula is C18H17N7O. The summed E-state index contributed by atoms with van der Waals surface area (Å²) in [5.41, 5.74) is 4.41. The molecule has 8 heteroatoms. The predicted octanol–water partition coefficient (Wildman–Crippen LogP) is 2.04. The molecule has 4 aromatic rings. The van der Waals surface area contributed by atoms with Crippen molar-refractivity contribution in [1.29, 1.82) is 0 Å². The molecule has 0 saturated carbocycles. The van der Waals surface area contributed by atoms with E-state index in [4.69, 9.17) is 0 Å². The molecule has 8 nitrogen and oxygen atoms in total. The van der Waals surface area contributed by atoms with E-state index in [1.165, 1.54) is 6.33 Å². The zero-order valence-corrected chi connectivity index (χ0v) is 14.4. The molecule has 0 saturated heterocycles. The number of carbonyl (C=O) groups is 1. The maximum atomic E-state index is 12.3. The molecule has 0 atom stereocenters. The third kappa shape index (κ3) is 3.04. The number of hydrogen-bond acceptors (Lipinski definition) is 5. The number of aromatic nitrogens is 6. The van der Waals surface area contributed by atoms with Crippen LogP contribution in [0.4, 0.5) is 5.69 Å². The highest BCUT2D eigenvalue weighted by molar-refractivity contribution is 5.94. The molecule has 0 bridgehead atoms. The normalized spacial score (nSPS) is 11.0. The van der Waals surface area contributed by atoms with Crippen molar-refractivity contribution in [2.45, 2.75) is 13.3 Å². The number of fused-ring (bicyclic) bond motifs is 1. The van der Waals surface area contributed by atoms with E-state index in [-0.39, 0.29) is 12.3 Å². The van der Waals surface area contributed by atoms with Gasteiger partial charge in [0.2, 0.25) is 5.91 Å². The van der Waals surface area contributed by atoms with Crippen LogP contribution in [0.25, 0.3) is 16.7 Å². The first-order valence-electron chi connectivity index (χ1n) is 8.15. The molecule has 0 radical (unpaired) electrons. The molecule has 0 spiro atoms. The summed E-state index contributed by atoms with van der Waals surface area (Å²) in [7, 11) is 1.97. The Kier molecular flexibility index (Phi) is 3.92. The number of amides is 1. The molecule has 2 heterocycles. The SMILES string of the molecule is Cc1nc2cc(NC(=O)Cc3ccc(-n4cnnn4)cc3)ccc2n1C. The maximum Gasteiger partial charge on any atom is 0.228 e. The molecule has 2 aromatic heterocycles. The fraction of sp³-hybridized carbons (Fsp3) is 0.167. The van der Waals surface area contributed by atoms with E-state index in [0.717, 1.165) is 33.8 Å². The van der Waals surface area contributed by atoms with Crippen LogP contribution in [0, 0.1) is 6.92 Å². The van der Waals surface area contributed by atoms with Crippen molar-refractivity contribution in [2.75, 3.05) is 5.32 Å². The van der Waals surface area contributed by atoms with Gasteiger partial charge in [0.15, 0.2) is 0 Å². The fourth-order valence-electron chi connectivity index (χ4n) is 2.83. The standard InChI is InChI=1S/C18H17N7O/c1-12-20-16-10-14(5-8-17(16)24(12)2)21-18(26)9-13-3-6-15(7-4-13)25-11-19-22-23-25/h3-8,10-11H,9H2,1-2H3,(H,21,26). The lowest BCUT2D eigenvalue weighted by molar-refractivity contribution is -0.115. The number of aryl methyl sites for hydroxylation is 2. The molecule has 0 unspecified atom stereocenters. The first kappa shape index (κ1) is 15.9. The summed E-state index contributed by atoms with van der Waals surface area (Å²) in [6.07, 6.45) is 1.81. The minimum absolute atomic E-state index is 0.0767. The molecule has 0 fully saturated rings. The van der Waals surface area contributed by atoms with Gasteiger partial charge in [-0.15, -0.1) is 5.10 Å². The predicted molar refractivity (Wildman–Crippen MR) is 96.9 cm³/mol. The van der Waals surface area contributed by atoms with E-state index >= 15 is 0 Å². The number of benzene rings is 2. The second-order valence-corrected chi connectivity index (χ2v) is 6.07. The summed E-state index contributed by atoms with van der Waals surface area (Å²) in [6, 6.07) is 13.3. The van der Waals surface area contributed by atoms with Crippen LogP contribution < -0.4 is 5.32 Å². The highest BCUT2D eigenvalue weighted by atomic mass is 16.1. The zero-order valence-electron chi connectivity index (χ0n) is 14.4. The van der Waals surface area contributed by atoms with Gasteiger partial charge in [-0.25, -0.2) is 9.67 Å². The molecule has 26 heavy (non-hydrogen) atoms. The maximum absolute atomic E-state index is 12.3. The second-order valence-electron chi connectivity index (χ2n) is 6.07. The van der Waals surface area contributed by atoms with E-state index in [2.05, 4.69) is 25.8 Å². The smallest absolute Gasteiger partial charge is 0.228 e. The summed E-state index contributed by atoms with van der Waals surface area (Å²) in [4.78, 5) is 16.8. The van der Waals surface area contributed by atoms with Gasteiger partial charge >= 0.3 is 0 Å². The number of nitrogens with zero attached hydrogens (tertiary/aromatic N) is 6. The van der Waals surface area contributed by atoms with Crippen LogP contribution in [0.3, 0.4) is 0 Å². The number of nitrogens with one attached hydrogen (secondary N) is 1. The molecule has 0 aliphatic carbocycles. The van der Waals surface area contributed by atoms with Crippen LogP contribution in [0.5, 0.6) is 0 Å². The molecule has 2 aromatic carbocycles. The Morgan fingerprint density at radius 2 is 1.96 bits per heavy atom. The number of rotatable bonds is 4. The molecule has 0 aliphatic heterocycles. The summed E-state index contributed by atoms with van der Waals surface area (Å²) in [5, 5.41) is 14.0. The monoisotopic (exact) mass is 347 g/mol. The van der Waals surface area contributed by atoms with Crippen molar-refractivity contribution < 1.29 is 4.79 Å². The van der Waals surface area contributed by atoms with Crippen LogP contribution in [0.15, 0.2) is 48.8 Å². The Bertz CT molecular complexity index is 1070. The first-order valence-corrected chi connectivity index (χ1v) is 8.15. The van der Waals surface area contributed by atoms with Crippen molar-refractivity contribution in [3.05, 3.63) is 60.2 Å². The van der Waals surface area contributed by atoms with E-state index in [1.807, 2.05) is 61.0 Å². The molecule has 1 N–H and O–H groups in total. The lowest BCUT2D eigenvalue weighted by Crippen LogP contribution is -2.14. The van der Waals surface area contributed by atoms with E-state index in [9.17, 15) is 4.79 Å². The molecule has 130 valence electrons. The number of tetrazole rings is 1. The van der Waals surface area contributed by atoms with Gasteiger partial charge in [-0.05, 0) is 53.2 Å². The first-order chi connectivity index (χ1) is 12.6. The lowest BCUT2D eigenvalue weighted by atomic mass is 10.1.